The summed E-state index contributed by atoms with van der Waals surface area (Å²) in [6.45, 7) is 5.17. The van der Waals surface area contributed by atoms with Crippen LogP contribution >= 0.6 is 0 Å². The number of carbonyl (C=O) groups is 1. The van der Waals surface area contributed by atoms with E-state index in [4.69, 9.17) is 9.84 Å². The summed E-state index contributed by atoms with van der Waals surface area (Å²) >= 11 is 0. The Morgan fingerprint density at radius 1 is 1.53 bits per heavy atom. The van der Waals surface area contributed by atoms with Gasteiger partial charge in [-0.25, -0.2) is 4.79 Å². The molecule has 0 aromatic carbocycles. The smallest absolute Gasteiger partial charge is 0.328 e. The number of aliphatic carboxylic acids is 1. The van der Waals surface area contributed by atoms with E-state index in [1.807, 2.05) is 0 Å². The van der Waals surface area contributed by atoms with Gasteiger partial charge in [-0.2, -0.15) is 0 Å². The van der Waals surface area contributed by atoms with E-state index in [0.29, 0.717) is 12.3 Å². The van der Waals surface area contributed by atoms with E-state index in [1.54, 1.807) is 20.8 Å². The van der Waals surface area contributed by atoms with Crippen molar-refractivity contribution in [1.29, 1.82) is 0 Å². The predicted octanol–water partition coefficient (Wildman–Crippen LogP) is 1.16. The summed E-state index contributed by atoms with van der Waals surface area (Å²) < 4.78 is 4.98. The molecular formula is C12H20NO4-. The normalized spacial score (nSPS) is 19.6. The summed E-state index contributed by atoms with van der Waals surface area (Å²) in [4.78, 5) is 14.6. The minimum absolute atomic E-state index is 0.391. The molecule has 0 heterocycles. The molecule has 1 fully saturated rings. The van der Waals surface area contributed by atoms with Gasteiger partial charge in [-0.05, 0) is 12.3 Å². The number of carboxylic acid groups (broad SMARTS) is 1. The number of hydrogen-bond acceptors (Lipinski definition) is 4. The Balaban J connectivity index is 2.57. The van der Waals surface area contributed by atoms with Gasteiger partial charge in [-0.15, -0.1) is 0 Å². The van der Waals surface area contributed by atoms with Gasteiger partial charge in [0.2, 0.25) is 0 Å². The van der Waals surface area contributed by atoms with Gasteiger partial charge in [0.25, 0.3) is 0 Å². The minimum atomic E-state index is -1.05. The number of hydrogen-bond donors (Lipinski definition) is 1. The molecule has 0 saturated heterocycles. The standard InChI is InChI=1S/C12H21NO4/c1-12(2,3)17-11(16)13-9(10(14)15)7-8-5-4-6-8/h8-9H,4-7H2,1-3H3,(H,13,16)(H,14,15)/p-1/t9-/m0/s1. The SMILES string of the molecule is CC(C)(C)OC([O-])=N[C@@H](CC1CCC1)C(=O)O. The van der Waals surface area contributed by atoms with E-state index in [0.717, 1.165) is 19.3 Å². The Bertz CT molecular complexity index is 302. The molecule has 1 aliphatic rings. The Morgan fingerprint density at radius 3 is 2.47 bits per heavy atom. The minimum Gasteiger partial charge on any atom is -0.595 e. The van der Waals surface area contributed by atoms with Crippen molar-refractivity contribution in [2.75, 3.05) is 0 Å². The highest BCUT2D eigenvalue weighted by Crippen LogP contribution is 2.31. The molecule has 0 unspecified atom stereocenters. The molecule has 0 aromatic rings. The number of rotatable bonds is 4. The highest BCUT2D eigenvalue weighted by Gasteiger charge is 2.26. The second-order valence-electron chi connectivity index (χ2n) is 5.50. The maximum absolute atomic E-state index is 11.4. The van der Waals surface area contributed by atoms with E-state index in [2.05, 4.69) is 4.99 Å². The summed E-state index contributed by atoms with van der Waals surface area (Å²) in [5.41, 5.74) is -0.639. The van der Waals surface area contributed by atoms with Crippen LogP contribution in [0.25, 0.3) is 0 Å². The third kappa shape index (κ3) is 5.06. The van der Waals surface area contributed by atoms with E-state index >= 15 is 0 Å². The van der Waals surface area contributed by atoms with Crippen molar-refractivity contribution in [1.82, 2.24) is 0 Å². The zero-order valence-corrected chi connectivity index (χ0v) is 10.6. The van der Waals surface area contributed by atoms with Crippen LogP contribution < -0.4 is 5.11 Å². The monoisotopic (exact) mass is 242 g/mol. The molecule has 0 radical (unpaired) electrons. The maximum Gasteiger partial charge on any atom is 0.328 e. The number of nitrogens with zero attached hydrogens (tertiary/aromatic N) is 1. The first-order chi connectivity index (χ1) is 7.78. The van der Waals surface area contributed by atoms with Gasteiger partial charge in [-0.3, -0.25) is 4.99 Å². The van der Waals surface area contributed by atoms with E-state index in [1.165, 1.54) is 0 Å². The predicted molar refractivity (Wildman–Crippen MR) is 61.7 cm³/mol. The highest BCUT2D eigenvalue weighted by molar-refractivity contribution is 5.77. The zero-order chi connectivity index (χ0) is 13.1. The van der Waals surface area contributed by atoms with Crippen LogP contribution in [0.2, 0.25) is 0 Å². The molecule has 0 spiro atoms. The number of aliphatic imine (C=N–C) groups is 1. The molecule has 1 aliphatic carbocycles. The van der Waals surface area contributed by atoms with Crippen molar-refractivity contribution < 1.29 is 19.7 Å². The fraction of sp³-hybridized carbons (Fsp3) is 0.833. The van der Waals surface area contributed by atoms with Crippen molar-refractivity contribution in [2.45, 2.75) is 58.1 Å². The van der Waals surface area contributed by atoms with Crippen LogP contribution in [-0.4, -0.2) is 28.8 Å². The summed E-state index contributed by atoms with van der Waals surface area (Å²) in [5.74, 6) is -0.662. The lowest BCUT2D eigenvalue weighted by Crippen LogP contribution is -2.35. The molecule has 5 heteroatoms. The topological polar surface area (TPSA) is 82.0 Å². The molecule has 0 aromatic heterocycles. The summed E-state index contributed by atoms with van der Waals surface area (Å²) in [6.07, 6.45) is 2.86. The summed E-state index contributed by atoms with van der Waals surface area (Å²) in [5, 5.41) is 20.4. The van der Waals surface area contributed by atoms with Gasteiger partial charge in [-0.1, -0.05) is 40.0 Å². The number of carboxylic acids is 1. The van der Waals surface area contributed by atoms with Crippen molar-refractivity contribution in [2.24, 2.45) is 10.9 Å². The second-order valence-corrected chi connectivity index (χ2v) is 5.50. The van der Waals surface area contributed by atoms with Gasteiger partial charge >= 0.3 is 5.97 Å². The molecular weight excluding hydrogens is 222 g/mol. The van der Waals surface area contributed by atoms with Gasteiger partial charge in [0.05, 0.1) is 0 Å². The Hall–Kier alpha value is -1.26. The van der Waals surface area contributed by atoms with E-state index < -0.39 is 23.7 Å². The first-order valence-electron chi connectivity index (χ1n) is 5.94. The molecule has 17 heavy (non-hydrogen) atoms. The summed E-state index contributed by atoms with van der Waals surface area (Å²) in [6, 6.07) is -0.963. The zero-order valence-electron chi connectivity index (χ0n) is 10.6. The van der Waals surface area contributed by atoms with Gasteiger partial charge < -0.3 is 14.9 Å². The first-order valence-corrected chi connectivity index (χ1v) is 5.94. The van der Waals surface area contributed by atoms with Crippen LogP contribution in [0.1, 0.15) is 46.5 Å². The van der Waals surface area contributed by atoms with E-state index in [9.17, 15) is 9.90 Å². The lowest BCUT2D eigenvalue weighted by atomic mass is 9.81. The average Bonchev–Trinajstić information content (AvgIpc) is 2.05. The first kappa shape index (κ1) is 13.8. The molecule has 5 nitrogen and oxygen atoms in total. The van der Waals surface area contributed by atoms with Crippen molar-refractivity contribution >= 4 is 12.1 Å². The Morgan fingerprint density at radius 2 is 2.12 bits per heavy atom. The molecule has 0 amide bonds. The van der Waals surface area contributed by atoms with E-state index in [-0.39, 0.29) is 0 Å². The van der Waals surface area contributed by atoms with Gasteiger partial charge in [0.1, 0.15) is 12.1 Å². The molecule has 1 N–H and O–H groups in total. The van der Waals surface area contributed by atoms with Gasteiger partial charge in [0, 0.05) is 5.60 Å². The molecule has 0 aliphatic heterocycles. The van der Waals surface area contributed by atoms with Gasteiger partial charge in [0.15, 0.2) is 0 Å². The lowest BCUT2D eigenvalue weighted by molar-refractivity contribution is -0.261. The van der Waals surface area contributed by atoms with Crippen LogP contribution in [-0.2, 0) is 9.53 Å². The number of ether oxygens (including phenoxy) is 1. The fourth-order valence-electron chi connectivity index (χ4n) is 1.67. The Labute approximate surface area is 102 Å². The maximum atomic E-state index is 11.4. The molecule has 98 valence electrons. The quantitative estimate of drug-likeness (QED) is 0.592. The summed E-state index contributed by atoms with van der Waals surface area (Å²) in [7, 11) is 0. The third-order valence-corrected chi connectivity index (χ3v) is 2.72. The van der Waals surface area contributed by atoms with Crippen molar-refractivity contribution in [3.05, 3.63) is 0 Å². The van der Waals surface area contributed by atoms with Crippen LogP contribution in [0, 0.1) is 5.92 Å². The molecule has 0 bridgehead atoms. The molecule has 1 rings (SSSR count). The largest absolute Gasteiger partial charge is 0.595 e. The van der Waals surface area contributed by atoms with Crippen molar-refractivity contribution in [3.8, 4) is 0 Å². The Kier molecular flexibility index (Phi) is 4.37. The highest BCUT2D eigenvalue weighted by atomic mass is 16.6. The molecule has 1 saturated carbocycles. The van der Waals surface area contributed by atoms with Crippen molar-refractivity contribution in [3.63, 3.8) is 0 Å². The third-order valence-electron chi connectivity index (χ3n) is 2.72. The van der Waals surface area contributed by atoms with Crippen LogP contribution in [0.4, 0.5) is 0 Å². The van der Waals surface area contributed by atoms with Crippen LogP contribution in [0.15, 0.2) is 4.99 Å². The second kappa shape index (κ2) is 5.38. The average molecular weight is 242 g/mol. The lowest BCUT2D eigenvalue weighted by Gasteiger charge is -2.31. The van der Waals surface area contributed by atoms with Crippen LogP contribution in [0.3, 0.4) is 0 Å². The fourth-order valence-corrected chi connectivity index (χ4v) is 1.67. The van der Waals surface area contributed by atoms with Crippen LogP contribution in [0.5, 0.6) is 0 Å². The molecule has 1 atom stereocenters.